The Morgan fingerprint density at radius 1 is 1.38 bits per heavy atom. The molecule has 1 heterocycles. The Bertz CT molecular complexity index is 476. The van der Waals surface area contributed by atoms with E-state index in [1.54, 1.807) is 6.92 Å². The van der Waals surface area contributed by atoms with Gasteiger partial charge < -0.3 is 9.15 Å². The molecule has 0 aliphatic heterocycles. The van der Waals surface area contributed by atoms with Crippen molar-refractivity contribution in [1.29, 1.82) is 0 Å². The van der Waals surface area contributed by atoms with E-state index in [2.05, 4.69) is 4.98 Å². The molecule has 0 bridgehead atoms. The Labute approximate surface area is 92.9 Å². The van der Waals surface area contributed by atoms with Crippen molar-refractivity contribution in [2.24, 2.45) is 0 Å². The third-order valence-electron chi connectivity index (χ3n) is 2.04. The first-order valence-corrected chi connectivity index (χ1v) is 4.89. The standard InChI is InChI=1S/C12H11NO3/c1-9-13-7-11(16-9)12(14)15-8-10-5-3-2-4-6-10/h2-7H,8H2,1H3. The number of nitrogens with zero attached hydrogens (tertiary/aromatic N) is 1. The van der Waals surface area contributed by atoms with Crippen molar-refractivity contribution in [2.45, 2.75) is 13.5 Å². The minimum atomic E-state index is -0.496. The number of hydrogen-bond acceptors (Lipinski definition) is 4. The van der Waals surface area contributed by atoms with E-state index in [4.69, 9.17) is 9.15 Å². The Hall–Kier alpha value is -2.10. The van der Waals surface area contributed by atoms with Gasteiger partial charge in [-0.25, -0.2) is 9.78 Å². The molecule has 0 unspecified atom stereocenters. The Balaban J connectivity index is 1.94. The number of aromatic nitrogens is 1. The lowest BCUT2D eigenvalue weighted by molar-refractivity contribution is 0.0434. The fourth-order valence-corrected chi connectivity index (χ4v) is 1.25. The number of ether oxygens (including phenoxy) is 1. The minimum Gasteiger partial charge on any atom is -0.455 e. The summed E-state index contributed by atoms with van der Waals surface area (Å²) in [4.78, 5) is 15.3. The van der Waals surface area contributed by atoms with Crippen LogP contribution in [0.1, 0.15) is 22.0 Å². The topological polar surface area (TPSA) is 52.3 Å². The lowest BCUT2D eigenvalue weighted by Gasteiger charge is -2.01. The van der Waals surface area contributed by atoms with Crippen molar-refractivity contribution in [2.75, 3.05) is 0 Å². The molecule has 82 valence electrons. The zero-order chi connectivity index (χ0) is 11.4. The second kappa shape index (κ2) is 4.61. The van der Waals surface area contributed by atoms with Gasteiger partial charge in [0.15, 0.2) is 5.89 Å². The summed E-state index contributed by atoms with van der Waals surface area (Å²) in [5, 5.41) is 0. The summed E-state index contributed by atoms with van der Waals surface area (Å²) in [5.74, 6) is 0.0875. The maximum Gasteiger partial charge on any atom is 0.376 e. The molecule has 0 N–H and O–H groups in total. The van der Waals surface area contributed by atoms with Gasteiger partial charge in [-0.1, -0.05) is 30.3 Å². The van der Waals surface area contributed by atoms with Gasteiger partial charge in [-0.05, 0) is 5.56 Å². The van der Waals surface area contributed by atoms with Crippen molar-refractivity contribution in [3.05, 3.63) is 53.7 Å². The van der Waals surface area contributed by atoms with E-state index in [0.29, 0.717) is 5.89 Å². The van der Waals surface area contributed by atoms with E-state index in [-0.39, 0.29) is 12.4 Å². The van der Waals surface area contributed by atoms with Gasteiger partial charge in [0.1, 0.15) is 6.61 Å². The molecule has 0 atom stereocenters. The number of hydrogen-bond donors (Lipinski definition) is 0. The molecule has 16 heavy (non-hydrogen) atoms. The molecule has 0 aliphatic rings. The van der Waals surface area contributed by atoms with Crippen LogP contribution in [0.3, 0.4) is 0 Å². The van der Waals surface area contributed by atoms with Crippen molar-refractivity contribution in [1.82, 2.24) is 4.98 Å². The van der Waals surface area contributed by atoms with Gasteiger partial charge >= 0.3 is 5.97 Å². The summed E-state index contributed by atoms with van der Waals surface area (Å²) in [6, 6.07) is 9.46. The van der Waals surface area contributed by atoms with Crippen LogP contribution in [0.4, 0.5) is 0 Å². The highest BCUT2D eigenvalue weighted by molar-refractivity contribution is 5.85. The van der Waals surface area contributed by atoms with Gasteiger partial charge in [0.05, 0.1) is 6.20 Å². The monoisotopic (exact) mass is 217 g/mol. The molecule has 0 spiro atoms. The molecule has 0 amide bonds. The van der Waals surface area contributed by atoms with Crippen LogP contribution < -0.4 is 0 Å². The summed E-state index contributed by atoms with van der Waals surface area (Å²) < 4.78 is 10.1. The van der Waals surface area contributed by atoms with Crippen molar-refractivity contribution >= 4 is 5.97 Å². The van der Waals surface area contributed by atoms with E-state index in [1.807, 2.05) is 30.3 Å². The summed E-state index contributed by atoms with van der Waals surface area (Å²) in [5.41, 5.74) is 0.937. The summed E-state index contributed by atoms with van der Waals surface area (Å²) in [7, 11) is 0. The minimum absolute atomic E-state index is 0.133. The van der Waals surface area contributed by atoms with E-state index < -0.39 is 5.97 Å². The molecule has 4 nitrogen and oxygen atoms in total. The van der Waals surface area contributed by atoms with Crippen LogP contribution in [0.5, 0.6) is 0 Å². The molecule has 0 radical (unpaired) electrons. The van der Waals surface area contributed by atoms with Crippen LogP contribution in [0.15, 0.2) is 40.9 Å². The normalized spacial score (nSPS) is 10.1. The fraction of sp³-hybridized carbons (Fsp3) is 0.167. The third kappa shape index (κ3) is 2.48. The number of oxazole rings is 1. The maximum atomic E-state index is 11.5. The first-order chi connectivity index (χ1) is 7.75. The molecule has 1 aromatic carbocycles. The van der Waals surface area contributed by atoms with Crippen LogP contribution >= 0.6 is 0 Å². The first-order valence-electron chi connectivity index (χ1n) is 4.89. The Kier molecular flexibility index (Phi) is 3.00. The number of carbonyl (C=O) groups is 1. The van der Waals surface area contributed by atoms with E-state index in [9.17, 15) is 4.79 Å². The molecule has 0 saturated carbocycles. The maximum absolute atomic E-state index is 11.5. The molecular weight excluding hydrogens is 206 g/mol. The van der Waals surface area contributed by atoms with Crippen molar-refractivity contribution < 1.29 is 13.9 Å². The number of esters is 1. The van der Waals surface area contributed by atoms with Crippen LogP contribution in [-0.2, 0) is 11.3 Å². The van der Waals surface area contributed by atoms with Gasteiger partial charge in [0.25, 0.3) is 0 Å². The summed E-state index contributed by atoms with van der Waals surface area (Å²) >= 11 is 0. The van der Waals surface area contributed by atoms with E-state index in [1.165, 1.54) is 6.20 Å². The highest BCUT2D eigenvalue weighted by atomic mass is 16.5. The van der Waals surface area contributed by atoms with Gasteiger partial charge in [0.2, 0.25) is 5.76 Å². The largest absolute Gasteiger partial charge is 0.455 e. The number of aryl methyl sites for hydroxylation is 1. The summed E-state index contributed by atoms with van der Waals surface area (Å²) in [6.45, 7) is 1.91. The van der Waals surface area contributed by atoms with Gasteiger partial charge in [-0.2, -0.15) is 0 Å². The highest BCUT2D eigenvalue weighted by Crippen LogP contribution is 2.07. The molecule has 1 aromatic heterocycles. The molecule has 2 aromatic rings. The first kappa shape index (κ1) is 10.4. The predicted molar refractivity (Wildman–Crippen MR) is 56.8 cm³/mol. The molecule has 0 fully saturated rings. The smallest absolute Gasteiger partial charge is 0.376 e. The number of carbonyl (C=O) groups excluding carboxylic acids is 1. The van der Waals surface area contributed by atoms with E-state index in [0.717, 1.165) is 5.56 Å². The second-order valence-corrected chi connectivity index (χ2v) is 3.31. The Morgan fingerprint density at radius 2 is 2.12 bits per heavy atom. The molecule has 2 rings (SSSR count). The second-order valence-electron chi connectivity index (χ2n) is 3.31. The third-order valence-corrected chi connectivity index (χ3v) is 2.04. The molecular formula is C12H11NO3. The highest BCUT2D eigenvalue weighted by Gasteiger charge is 2.12. The van der Waals surface area contributed by atoms with Gasteiger partial charge in [0, 0.05) is 6.92 Å². The lowest BCUT2D eigenvalue weighted by Crippen LogP contribution is -2.03. The quantitative estimate of drug-likeness (QED) is 0.740. The van der Waals surface area contributed by atoms with Gasteiger partial charge in [-0.15, -0.1) is 0 Å². The predicted octanol–water partition coefficient (Wildman–Crippen LogP) is 2.34. The van der Waals surface area contributed by atoms with Crippen LogP contribution in [-0.4, -0.2) is 11.0 Å². The van der Waals surface area contributed by atoms with Crippen LogP contribution in [0, 0.1) is 6.92 Å². The summed E-state index contributed by atoms with van der Waals surface area (Å²) in [6.07, 6.45) is 1.36. The molecule has 0 saturated heterocycles. The SMILES string of the molecule is Cc1ncc(C(=O)OCc2ccccc2)o1. The fourth-order valence-electron chi connectivity index (χ4n) is 1.25. The molecule has 4 heteroatoms. The van der Waals surface area contributed by atoms with Gasteiger partial charge in [-0.3, -0.25) is 0 Å². The van der Waals surface area contributed by atoms with E-state index >= 15 is 0 Å². The average Bonchev–Trinajstić information content (AvgIpc) is 2.74. The average molecular weight is 217 g/mol. The van der Waals surface area contributed by atoms with Crippen LogP contribution in [0.25, 0.3) is 0 Å². The number of benzene rings is 1. The number of rotatable bonds is 3. The Morgan fingerprint density at radius 3 is 2.75 bits per heavy atom. The zero-order valence-corrected chi connectivity index (χ0v) is 8.84. The van der Waals surface area contributed by atoms with Crippen LogP contribution in [0.2, 0.25) is 0 Å². The van der Waals surface area contributed by atoms with Crippen molar-refractivity contribution in [3.63, 3.8) is 0 Å². The lowest BCUT2D eigenvalue weighted by atomic mass is 10.2. The zero-order valence-electron chi connectivity index (χ0n) is 8.84. The molecule has 0 aliphatic carbocycles. The van der Waals surface area contributed by atoms with Crippen molar-refractivity contribution in [3.8, 4) is 0 Å².